The number of aromatic nitrogens is 1. The maximum absolute atomic E-state index is 13.1. The number of anilines is 2. The molecule has 104 valence electrons. The van der Waals surface area contributed by atoms with Crippen molar-refractivity contribution in [2.24, 2.45) is 0 Å². The molecule has 1 aliphatic carbocycles. The van der Waals surface area contributed by atoms with E-state index in [1.54, 1.807) is 23.5 Å². The average molecular weight is 307 g/mol. The highest BCUT2D eigenvalue weighted by Crippen LogP contribution is 2.29. The van der Waals surface area contributed by atoms with Crippen LogP contribution in [0.3, 0.4) is 0 Å². The summed E-state index contributed by atoms with van der Waals surface area (Å²) >= 11 is 6.88. The van der Waals surface area contributed by atoms with Gasteiger partial charge in [0, 0.05) is 10.6 Å². The molecule has 2 aromatic rings. The number of aryl methyl sites for hydroxylation is 2. The predicted octanol–water partition coefficient (Wildman–Crippen LogP) is 3.97. The lowest BCUT2D eigenvalue weighted by Crippen LogP contribution is -2.19. The molecule has 1 aliphatic rings. The lowest BCUT2D eigenvalue weighted by Gasteiger charge is -2.08. The Bertz CT molecular complexity index is 616. The fourth-order valence-corrected chi connectivity index (χ4v) is 3.56. The van der Waals surface area contributed by atoms with E-state index >= 15 is 0 Å². The molecule has 0 radical (unpaired) electrons. The second kappa shape index (κ2) is 5.85. The van der Waals surface area contributed by atoms with Crippen LogP contribution in [0.25, 0.3) is 0 Å². The minimum atomic E-state index is -0.289. The van der Waals surface area contributed by atoms with Crippen molar-refractivity contribution in [2.45, 2.75) is 25.7 Å². The van der Waals surface area contributed by atoms with Crippen molar-refractivity contribution in [3.05, 3.63) is 40.7 Å². The zero-order chi connectivity index (χ0) is 13.9. The number of benzene rings is 1. The molecular weight excluding hydrogens is 293 g/mol. The van der Waals surface area contributed by atoms with Gasteiger partial charge in [0.2, 0.25) is 0 Å². The zero-order valence-corrected chi connectivity index (χ0v) is 12.4. The van der Waals surface area contributed by atoms with Crippen molar-refractivity contribution in [3.8, 4) is 0 Å². The van der Waals surface area contributed by atoms with Crippen LogP contribution in [0.2, 0.25) is 0 Å². The molecule has 1 aromatic carbocycles. The number of fused-ring (bicyclic) bond motifs is 1. The summed E-state index contributed by atoms with van der Waals surface area (Å²) in [6, 6.07) is 6.21. The minimum Gasteiger partial charge on any atom is -0.332 e. The van der Waals surface area contributed by atoms with Gasteiger partial charge in [0.05, 0.1) is 5.69 Å². The average Bonchev–Trinajstić information content (AvgIpc) is 2.80. The van der Waals surface area contributed by atoms with Gasteiger partial charge in [-0.15, -0.1) is 11.3 Å². The Kier molecular flexibility index (Phi) is 3.93. The first kappa shape index (κ1) is 13.5. The van der Waals surface area contributed by atoms with Gasteiger partial charge in [0.25, 0.3) is 0 Å². The highest BCUT2D eigenvalue weighted by atomic mass is 32.1. The molecule has 2 N–H and O–H groups in total. The monoisotopic (exact) mass is 307 g/mol. The third-order valence-electron chi connectivity index (χ3n) is 3.15. The van der Waals surface area contributed by atoms with Crippen LogP contribution in [0.5, 0.6) is 0 Å². The molecular formula is C14H14FN3S2. The van der Waals surface area contributed by atoms with Crippen LogP contribution in [-0.2, 0) is 12.8 Å². The van der Waals surface area contributed by atoms with Crippen LogP contribution in [0.4, 0.5) is 15.2 Å². The molecule has 0 bridgehead atoms. The number of thiazole rings is 1. The standard InChI is InChI=1S/C14H14FN3S2/c15-9-4-3-5-10(8-9)16-13(19)18-14-17-11-6-1-2-7-12(11)20-14/h3-5,8H,1-2,6-7H2,(H2,16,17,18,19). The quantitative estimate of drug-likeness (QED) is 0.823. The van der Waals surface area contributed by atoms with Gasteiger partial charge in [0.15, 0.2) is 10.2 Å². The number of hydrogen-bond donors (Lipinski definition) is 2. The summed E-state index contributed by atoms with van der Waals surface area (Å²) in [6.45, 7) is 0. The van der Waals surface area contributed by atoms with Crippen molar-refractivity contribution in [3.63, 3.8) is 0 Å². The second-order valence-electron chi connectivity index (χ2n) is 4.69. The van der Waals surface area contributed by atoms with Gasteiger partial charge in [0.1, 0.15) is 5.82 Å². The molecule has 0 fully saturated rings. The van der Waals surface area contributed by atoms with Gasteiger partial charge in [-0.25, -0.2) is 9.37 Å². The van der Waals surface area contributed by atoms with Gasteiger partial charge < -0.3 is 10.6 Å². The molecule has 1 aromatic heterocycles. The number of rotatable bonds is 2. The van der Waals surface area contributed by atoms with E-state index in [-0.39, 0.29) is 5.82 Å². The number of nitrogens with zero attached hydrogens (tertiary/aromatic N) is 1. The topological polar surface area (TPSA) is 37.0 Å². The van der Waals surface area contributed by atoms with Crippen LogP contribution < -0.4 is 10.6 Å². The van der Waals surface area contributed by atoms with Crippen molar-refractivity contribution >= 4 is 39.5 Å². The van der Waals surface area contributed by atoms with Crippen LogP contribution in [0.15, 0.2) is 24.3 Å². The van der Waals surface area contributed by atoms with E-state index in [0.29, 0.717) is 10.8 Å². The Morgan fingerprint density at radius 1 is 1.25 bits per heavy atom. The highest BCUT2D eigenvalue weighted by molar-refractivity contribution is 7.80. The number of thiocarbonyl (C=S) groups is 1. The third-order valence-corrected chi connectivity index (χ3v) is 4.43. The predicted molar refractivity (Wildman–Crippen MR) is 85.0 cm³/mol. The Morgan fingerprint density at radius 2 is 2.10 bits per heavy atom. The van der Waals surface area contributed by atoms with Crippen molar-refractivity contribution in [2.75, 3.05) is 10.6 Å². The zero-order valence-electron chi connectivity index (χ0n) is 10.8. The van der Waals surface area contributed by atoms with Crippen LogP contribution in [0.1, 0.15) is 23.4 Å². The Labute approximate surface area is 126 Å². The van der Waals surface area contributed by atoms with Crippen LogP contribution in [0, 0.1) is 5.82 Å². The van der Waals surface area contributed by atoms with E-state index < -0.39 is 0 Å². The maximum Gasteiger partial charge on any atom is 0.189 e. The first-order valence-corrected chi connectivity index (χ1v) is 7.75. The Balaban J connectivity index is 1.65. The van der Waals surface area contributed by atoms with Gasteiger partial charge in [-0.1, -0.05) is 6.07 Å². The van der Waals surface area contributed by atoms with Gasteiger partial charge in [-0.05, 0) is 56.1 Å². The smallest absolute Gasteiger partial charge is 0.189 e. The summed E-state index contributed by atoms with van der Waals surface area (Å²) in [7, 11) is 0. The molecule has 0 amide bonds. The van der Waals surface area contributed by atoms with Crippen molar-refractivity contribution in [1.29, 1.82) is 0 Å². The summed E-state index contributed by atoms with van der Waals surface area (Å²) in [5.41, 5.74) is 1.82. The molecule has 0 unspecified atom stereocenters. The van der Waals surface area contributed by atoms with E-state index in [0.717, 1.165) is 18.0 Å². The number of hydrogen-bond acceptors (Lipinski definition) is 3. The van der Waals surface area contributed by atoms with E-state index in [4.69, 9.17) is 12.2 Å². The fourth-order valence-electron chi connectivity index (χ4n) is 2.23. The van der Waals surface area contributed by atoms with Gasteiger partial charge in [-0.3, -0.25) is 0 Å². The number of nitrogens with one attached hydrogen (secondary N) is 2. The SMILES string of the molecule is Fc1cccc(NC(=S)Nc2nc3c(s2)CCCC3)c1. The number of halogens is 1. The highest BCUT2D eigenvalue weighted by Gasteiger charge is 2.15. The van der Waals surface area contributed by atoms with E-state index in [1.807, 2.05) is 0 Å². The normalized spacial score (nSPS) is 13.7. The largest absolute Gasteiger partial charge is 0.332 e. The van der Waals surface area contributed by atoms with E-state index in [9.17, 15) is 4.39 Å². The van der Waals surface area contributed by atoms with Gasteiger partial charge in [-0.2, -0.15) is 0 Å². The molecule has 0 aliphatic heterocycles. The summed E-state index contributed by atoms with van der Waals surface area (Å²) in [5.74, 6) is -0.289. The van der Waals surface area contributed by atoms with Gasteiger partial charge >= 0.3 is 0 Å². The summed E-state index contributed by atoms with van der Waals surface area (Å²) in [5, 5.41) is 7.27. The molecule has 0 saturated heterocycles. The van der Waals surface area contributed by atoms with Crippen molar-refractivity contribution < 1.29 is 4.39 Å². The molecule has 3 nitrogen and oxygen atoms in total. The van der Waals surface area contributed by atoms with E-state index in [1.165, 1.54) is 35.5 Å². The minimum absolute atomic E-state index is 0.289. The maximum atomic E-state index is 13.1. The molecule has 3 rings (SSSR count). The third kappa shape index (κ3) is 3.13. The Hall–Kier alpha value is -1.53. The lowest BCUT2D eigenvalue weighted by molar-refractivity contribution is 0.628. The first-order valence-electron chi connectivity index (χ1n) is 6.53. The fraction of sp³-hybridized carbons (Fsp3) is 0.286. The molecule has 20 heavy (non-hydrogen) atoms. The first-order chi connectivity index (χ1) is 9.70. The Morgan fingerprint density at radius 3 is 2.90 bits per heavy atom. The molecule has 6 heteroatoms. The van der Waals surface area contributed by atoms with Crippen LogP contribution in [-0.4, -0.2) is 10.1 Å². The van der Waals surface area contributed by atoms with Crippen LogP contribution >= 0.6 is 23.6 Å². The molecule has 0 saturated carbocycles. The summed E-state index contributed by atoms with van der Waals surface area (Å²) in [4.78, 5) is 5.91. The molecule has 0 spiro atoms. The molecule has 0 atom stereocenters. The van der Waals surface area contributed by atoms with Crippen molar-refractivity contribution in [1.82, 2.24) is 4.98 Å². The molecule has 1 heterocycles. The summed E-state index contributed by atoms with van der Waals surface area (Å²) in [6.07, 6.45) is 4.61. The lowest BCUT2D eigenvalue weighted by atomic mass is 10.0. The summed E-state index contributed by atoms with van der Waals surface area (Å²) < 4.78 is 13.1. The van der Waals surface area contributed by atoms with E-state index in [2.05, 4.69) is 15.6 Å². The second-order valence-corrected chi connectivity index (χ2v) is 6.18.